The van der Waals surface area contributed by atoms with Gasteiger partial charge in [0.2, 0.25) is 5.39 Å². The Kier molecular flexibility index (Phi) is 1.31. The fourth-order valence-electron chi connectivity index (χ4n) is 1.10. The number of nitrogens with zero attached hydrogens (tertiary/aromatic N) is 2. The molecule has 0 amide bonds. The standard InChI is InChI=1S/C8H4FN2O/c9-8-7(11-10)5-3-1-2-4-6(5)12-8/h1-4H/q+1. The molecule has 0 spiro atoms. The number of diazo groups is 1. The number of fused-ring (bicyclic) bond motifs is 1. The van der Waals surface area contributed by atoms with Gasteiger partial charge in [0.1, 0.15) is 11.0 Å². The maximum absolute atomic E-state index is 12.8. The molecule has 0 saturated heterocycles. The molecule has 0 radical (unpaired) electrons. The summed E-state index contributed by atoms with van der Waals surface area (Å²) in [6.07, 6.45) is 0. The van der Waals surface area contributed by atoms with Crippen molar-refractivity contribution < 1.29 is 8.81 Å². The highest BCUT2D eigenvalue weighted by Gasteiger charge is 2.24. The summed E-state index contributed by atoms with van der Waals surface area (Å²) in [6, 6.07) is 5.79. The van der Waals surface area contributed by atoms with E-state index in [0.29, 0.717) is 11.0 Å². The Bertz CT molecular complexity index is 469. The van der Waals surface area contributed by atoms with E-state index in [1.165, 1.54) is 0 Å². The Morgan fingerprint density at radius 3 is 2.83 bits per heavy atom. The maximum atomic E-state index is 12.8. The second-order valence-electron chi connectivity index (χ2n) is 2.32. The summed E-state index contributed by atoms with van der Waals surface area (Å²) in [5, 5.41) is 8.90. The number of benzene rings is 1. The van der Waals surface area contributed by atoms with Gasteiger partial charge >= 0.3 is 11.7 Å². The molecule has 0 atom stereocenters. The largest absolute Gasteiger partial charge is 0.467 e. The van der Waals surface area contributed by atoms with Crippen LogP contribution in [0.4, 0.5) is 10.1 Å². The number of furan rings is 1. The minimum Gasteiger partial charge on any atom is -0.425 e. The summed E-state index contributed by atoms with van der Waals surface area (Å²) in [7, 11) is 0. The van der Waals surface area contributed by atoms with Gasteiger partial charge in [0, 0.05) is 0 Å². The molecule has 3 nitrogen and oxygen atoms in total. The van der Waals surface area contributed by atoms with Gasteiger partial charge in [-0.2, -0.15) is 4.39 Å². The summed E-state index contributed by atoms with van der Waals surface area (Å²) in [5.74, 6) is 0. The molecule has 0 aliphatic carbocycles. The normalized spacial score (nSPS) is 10.0. The van der Waals surface area contributed by atoms with Crippen molar-refractivity contribution in [3.05, 3.63) is 35.3 Å². The van der Waals surface area contributed by atoms with E-state index in [1.807, 2.05) is 0 Å². The van der Waals surface area contributed by atoms with Crippen molar-refractivity contribution in [1.29, 1.82) is 5.39 Å². The highest BCUT2D eigenvalue weighted by Crippen LogP contribution is 2.31. The SMILES string of the molecule is N#[N+]c1c(F)oc2ccccc12. The maximum Gasteiger partial charge on any atom is 0.467 e. The smallest absolute Gasteiger partial charge is 0.425 e. The molecule has 4 heteroatoms. The van der Waals surface area contributed by atoms with E-state index in [-0.39, 0.29) is 5.69 Å². The van der Waals surface area contributed by atoms with Crippen molar-refractivity contribution in [2.75, 3.05) is 0 Å². The van der Waals surface area contributed by atoms with Crippen LogP contribution in [0.25, 0.3) is 15.9 Å². The highest BCUT2D eigenvalue weighted by molar-refractivity contribution is 5.90. The number of rotatable bonds is 0. The van der Waals surface area contributed by atoms with Gasteiger partial charge in [-0.15, -0.1) is 0 Å². The van der Waals surface area contributed by atoms with E-state index >= 15 is 0 Å². The predicted octanol–water partition coefficient (Wildman–Crippen LogP) is 3.06. The molecule has 58 valence electrons. The molecule has 1 aromatic heterocycles. The molecule has 0 bridgehead atoms. The first kappa shape index (κ1) is 6.80. The molecule has 0 fully saturated rings. The van der Waals surface area contributed by atoms with E-state index < -0.39 is 6.01 Å². The molecule has 12 heavy (non-hydrogen) atoms. The Morgan fingerprint density at radius 2 is 2.08 bits per heavy atom. The number of hydrogen-bond acceptors (Lipinski definition) is 2. The van der Waals surface area contributed by atoms with Crippen LogP contribution in [-0.2, 0) is 0 Å². The number of para-hydroxylation sites is 1. The lowest BCUT2D eigenvalue weighted by Crippen LogP contribution is -1.60. The Hall–Kier alpha value is -1.89. The summed E-state index contributed by atoms with van der Waals surface area (Å²) in [5.41, 5.74) is 0.230. The molecule has 1 aromatic carbocycles. The van der Waals surface area contributed by atoms with Crippen LogP contribution >= 0.6 is 0 Å². The van der Waals surface area contributed by atoms with Gasteiger partial charge in [0.05, 0.1) is 0 Å². The van der Waals surface area contributed by atoms with Crippen molar-refractivity contribution in [3.8, 4) is 0 Å². The lowest BCUT2D eigenvalue weighted by Gasteiger charge is -1.79. The van der Waals surface area contributed by atoms with Gasteiger partial charge in [-0.25, -0.2) is 0 Å². The van der Waals surface area contributed by atoms with Crippen molar-refractivity contribution in [3.63, 3.8) is 0 Å². The van der Waals surface area contributed by atoms with E-state index in [2.05, 4.69) is 9.39 Å². The van der Waals surface area contributed by atoms with Crippen LogP contribution in [0.1, 0.15) is 0 Å². The van der Waals surface area contributed by atoms with Crippen LogP contribution in [-0.4, -0.2) is 0 Å². The Labute approximate surface area is 67.0 Å². The second kappa shape index (κ2) is 2.31. The summed E-state index contributed by atoms with van der Waals surface area (Å²) in [6.45, 7) is 0. The van der Waals surface area contributed by atoms with Crippen molar-refractivity contribution in [2.45, 2.75) is 0 Å². The monoisotopic (exact) mass is 163 g/mol. The van der Waals surface area contributed by atoms with Crippen molar-refractivity contribution >= 4 is 16.7 Å². The number of hydrogen-bond donors (Lipinski definition) is 0. The van der Waals surface area contributed by atoms with Crippen LogP contribution in [0, 0.1) is 11.4 Å². The lowest BCUT2D eigenvalue weighted by molar-refractivity contribution is 0.385. The molecular formula is C8H4FN2O+. The zero-order valence-electron chi connectivity index (χ0n) is 5.99. The molecule has 0 saturated carbocycles. The second-order valence-corrected chi connectivity index (χ2v) is 2.32. The minimum atomic E-state index is -0.862. The molecule has 0 unspecified atom stereocenters. The zero-order valence-corrected chi connectivity index (χ0v) is 5.99. The van der Waals surface area contributed by atoms with E-state index in [4.69, 9.17) is 5.39 Å². The first-order valence-corrected chi connectivity index (χ1v) is 3.35. The zero-order chi connectivity index (χ0) is 8.55. The molecule has 1 heterocycles. The van der Waals surface area contributed by atoms with E-state index in [1.54, 1.807) is 24.3 Å². The minimum absolute atomic E-state index is 0.148. The first-order valence-electron chi connectivity index (χ1n) is 3.35. The molecule has 0 N–H and O–H groups in total. The van der Waals surface area contributed by atoms with Gasteiger partial charge in [0.25, 0.3) is 0 Å². The highest BCUT2D eigenvalue weighted by atomic mass is 19.1. The average Bonchev–Trinajstić information content (AvgIpc) is 2.40. The molecule has 0 aliphatic heterocycles. The third-order valence-electron chi connectivity index (χ3n) is 1.63. The van der Waals surface area contributed by atoms with Gasteiger partial charge in [-0.3, -0.25) is 0 Å². The molecule has 2 aromatic rings. The topological polar surface area (TPSA) is 41.3 Å². The number of halogens is 1. The fourth-order valence-corrected chi connectivity index (χ4v) is 1.10. The van der Waals surface area contributed by atoms with Crippen LogP contribution in [0.5, 0.6) is 0 Å². The molecule has 2 rings (SSSR count). The van der Waals surface area contributed by atoms with Gasteiger partial charge in [-0.05, 0) is 12.1 Å². The van der Waals surface area contributed by atoms with Crippen LogP contribution in [0.3, 0.4) is 0 Å². The summed E-state index contributed by atoms with van der Waals surface area (Å²) in [4.78, 5) is 2.79. The molecular weight excluding hydrogens is 159 g/mol. The first-order chi connectivity index (χ1) is 5.83. The third kappa shape index (κ3) is 0.768. The quantitative estimate of drug-likeness (QED) is 0.560. The van der Waals surface area contributed by atoms with Crippen LogP contribution in [0.2, 0.25) is 0 Å². The van der Waals surface area contributed by atoms with Crippen molar-refractivity contribution in [2.24, 2.45) is 0 Å². The summed E-state index contributed by atoms with van der Waals surface area (Å²) >= 11 is 0. The molecule has 0 aliphatic rings. The van der Waals surface area contributed by atoms with Gasteiger partial charge in [-0.1, -0.05) is 12.1 Å². The lowest BCUT2D eigenvalue weighted by atomic mass is 10.2. The van der Waals surface area contributed by atoms with E-state index in [9.17, 15) is 4.39 Å². The Morgan fingerprint density at radius 1 is 1.33 bits per heavy atom. The Balaban J connectivity index is 2.93. The van der Waals surface area contributed by atoms with Crippen LogP contribution in [0.15, 0.2) is 28.7 Å². The third-order valence-corrected chi connectivity index (χ3v) is 1.63. The predicted molar refractivity (Wildman–Crippen MR) is 40.9 cm³/mol. The fraction of sp³-hybridized carbons (Fsp3) is 0. The van der Waals surface area contributed by atoms with Crippen molar-refractivity contribution in [1.82, 2.24) is 0 Å². The average molecular weight is 163 g/mol. The van der Waals surface area contributed by atoms with Gasteiger partial charge in [0.15, 0.2) is 4.98 Å². The van der Waals surface area contributed by atoms with Crippen LogP contribution < -0.4 is 0 Å². The van der Waals surface area contributed by atoms with E-state index in [0.717, 1.165) is 0 Å². The summed E-state index contributed by atoms with van der Waals surface area (Å²) < 4.78 is 17.5. The van der Waals surface area contributed by atoms with Gasteiger partial charge < -0.3 is 4.42 Å².